The highest BCUT2D eigenvalue weighted by atomic mass is 79.9. The van der Waals surface area contributed by atoms with Crippen molar-refractivity contribution >= 4 is 39.0 Å². The van der Waals surface area contributed by atoms with Crippen molar-refractivity contribution in [2.75, 3.05) is 5.32 Å². The molecular formula is C13H13BrClN3. The van der Waals surface area contributed by atoms with E-state index in [4.69, 9.17) is 11.6 Å². The van der Waals surface area contributed by atoms with Crippen LogP contribution >= 0.6 is 27.5 Å². The quantitative estimate of drug-likeness (QED) is 0.843. The second kappa shape index (κ2) is 5.67. The predicted octanol–water partition coefficient (Wildman–Crippen LogP) is 4.51. The molecule has 1 aromatic heterocycles. The topological polar surface area (TPSA) is 37.8 Å². The van der Waals surface area contributed by atoms with Gasteiger partial charge < -0.3 is 5.32 Å². The van der Waals surface area contributed by atoms with Crippen molar-refractivity contribution in [2.24, 2.45) is 0 Å². The number of aromatic nitrogens is 2. The molecule has 94 valence electrons. The molecule has 0 aliphatic heterocycles. The Kier molecular flexibility index (Phi) is 4.19. The van der Waals surface area contributed by atoms with E-state index >= 15 is 0 Å². The minimum Gasteiger partial charge on any atom is -0.339 e. The first-order valence-electron chi connectivity index (χ1n) is 5.65. The van der Waals surface area contributed by atoms with Gasteiger partial charge in [0.15, 0.2) is 0 Å². The van der Waals surface area contributed by atoms with E-state index in [2.05, 4.69) is 31.2 Å². The Morgan fingerprint density at radius 1 is 1.33 bits per heavy atom. The molecule has 1 N–H and O–H groups in total. The zero-order valence-corrected chi connectivity index (χ0v) is 12.5. The molecule has 0 spiro atoms. The second-order valence-corrected chi connectivity index (χ2v) is 5.10. The molecule has 0 amide bonds. The maximum absolute atomic E-state index is 6.24. The van der Waals surface area contributed by atoms with E-state index in [1.807, 2.05) is 38.1 Å². The van der Waals surface area contributed by atoms with Crippen molar-refractivity contribution in [3.8, 4) is 0 Å². The Balaban J connectivity index is 2.34. The van der Waals surface area contributed by atoms with Gasteiger partial charge in [-0.15, -0.1) is 0 Å². The zero-order valence-electron chi connectivity index (χ0n) is 10.2. The first-order valence-corrected chi connectivity index (χ1v) is 6.83. The van der Waals surface area contributed by atoms with Crippen LogP contribution < -0.4 is 5.32 Å². The van der Waals surface area contributed by atoms with Gasteiger partial charge in [-0.05, 0) is 34.5 Å². The molecule has 2 rings (SSSR count). The lowest BCUT2D eigenvalue weighted by molar-refractivity contribution is 0.931. The van der Waals surface area contributed by atoms with Gasteiger partial charge in [-0.25, -0.2) is 9.97 Å². The highest BCUT2D eigenvalue weighted by molar-refractivity contribution is 9.10. The molecule has 3 nitrogen and oxygen atoms in total. The maximum atomic E-state index is 6.24. The lowest BCUT2D eigenvalue weighted by atomic mass is 10.2. The number of nitrogens with one attached hydrogen (secondary N) is 1. The fourth-order valence-corrected chi connectivity index (χ4v) is 2.16. The average Bonchev–Trinajstić information content (AvgIpc) is 2.34. The van der Waals surface area contributed by atoms with E-state index in [1.165, 1.54) is 0 Å². The summed E-state index contributed by atoms with van der Waals surface area (Å²) in [4.78, 5) is 8.67. The molecule has 0 saturated carbocycles. The number of hydrogen-bond donors (Lipinski definition) is 1. The van der Waals surface area contributed by atoms with Crippen molar-refractivity contribution in [3.05, 3.63) is 45.3 Å². The lowest BCUT2D eigenvalue weighted by Crippen LogP contribution is -2.00. The normalized spacial score (nSPS) is 10.4. The number of nitrogens with zero attached hydrogens (tertiary/aromatic N) is 2. The van der Waals surface area contributed by atoms with Crippen LogP contribution in [0.1, 0.15) is 18.3 Å². The minimum absolute atomic E-state index is 0.713. The average molecular weight is 327 g/mol. The van der Waals surface area contributed by atoms with Crippen LogP contribution in [-0.4, -0.2) is 9.97 Å². The highest BCUT2D eigenvalue weighted by Gasteiger charge is 2.06. The number of halogens is 2. The van der Waals surface area contributed by atoms with Crippen molar-refractivity contribution in [1.29, 1.82) is 0 Å². The van der Waals surface area contributed by atoms with Gasteiger partial charge in [0.2, 0.25) is 0 Å². The summed E-state index contributed by atoms with van der Waals surface area (Å²) in [6.45, 7) is 3.99. The minimum atomic E-state index is 0.713. The van der Waals surface area contributed by atoms with Crippen LogP contribution in [0.4, 0.5) is 11.5 Å². The number of rotatable bonds is 3. The molecule has 1 aromatic carbocycles. The monoisotopic (exact) mass is 325 g/mol. The zero-order chi connectivity index (χ0) is 13.1. The van der Waals surface area contributed by atoms with Gasteiger partial charge in [-0.2, -0.15) is 0 Å². The summed E-state index contributed by atoms with van der Waals surface area (Å²) in [5.41, 5.74) is 1.88. The third kappa shape index (κ3) is 3.00. The van der Waals surface area contributed by atoms with E-state index in [0.717, 1.165) is 33.9 Å². The summed E-state index contributed by atoms with van der Waals surface area (Å²) in [6, 6.07) is 7.69. The summed E-state index contributed by atoms with van der Waals surface area (Å²) in [5, 5.41) is 3.93. The molecule has 0 atom stereocenters. The Morgan fingerprint density at radius 2 is 2.11 bits per heavy atom. The van der Waals surface area contributed by atoms with Crippen molar-refractivity contribution < 1.29 is 0 Å². The molecule has 0 saturated heterocycles. The van der Waals surface area contributed by atoms with Gasteiger partial charge in [0.05, 0.1) is 10.7 Å². The smallest absolute Gasteiger partial charge is 0.135 e. The van der Waals surface area contributed by atoms with Crippen LogP contribution in [0.25, 0.3) is 0 Å². The molecule has 0 unspecified atom stereocenters. The Bertz CT molecular complexity index is 572. The summed E-state index contributed by atoms with van der Waals surface area (Å²) in [5.74, 6) is 1.52. The molecule has 0 bridgehead atoms. The molecule has 2 aromatic rings. The van der Waals surface area contributed by atoms with Gasteiger partial charge in [0.1, 0.15) is 16.2 Å². The van der Waals surface area contributed by atoms with Gasteiger partial charge >= 0.3 is 0 Å². The number of benzene rings is 1. The van der Waals surface area contributed by atoms with Gasteiger partial charge in [-0.3, -0.25) is 0 Å². The van der Waals surface area contributed by atoms with Crippen molar-refractivity contribution in [1.82, 2.24) is 9.97 Å². The molecule has 1 heterocycles. The van der Waals surface area contributed by atoms with Crippen LogP contribution in [0, 0.1) is 6.92 Å². The summed E-state index contributed by atoms with van der Waals surface area (Å²) in [7, 11) is 0. The molecule has 18 heavy (non-hydrogen) atoms. The molecule has 0 radical (unpaired) electrons. The standard InChI is InChI=1S/C13H13BrClN3/c1-3-11-17-10(14)7-12(18-11)16-9-6-4-5-8(2)13(9)15/h4-7H,3H2,1-2H3,(H,16,17,18). The van der Waals surface area contributed by atoms with E-state index in [9.17, 15) is 0 Å². The molecular weight excluding hydrogens is 314 g/mol. The first-order chi connectivity index (χ1) is 8.60. The number of hydrogen-bond acceptors (Lipinski definition) is 3. The maximum Gasteiger partial charge on any atom is 0.135 e. The van der Waals surface area contributed by atoms with Crippen LogP contribution in [0.5, 0.6) is 0 Å². The SMILES string of the molecule is CCc1nc(Br)cc(Nc2cccc(C)c2Cl)n1. The van der Waals surface area contributed by atoms with Crippen LogP contribution in [0.3, 0.4) is 0 Å². The van der Waals surface area contributed by atoms with Gasteiger partial charge in [-0.1, -0.05) is 30.7 Å². The third-order valence-electron chi connectivity index (χ3n) is 2.51. The fourth-order valence-electron chi connectivity index (χ4n) is 1.57. The molecule has 5 heteroatoms. The van der Waals surface area contributed by atoms with Gasteiger partial charge in [0, 0.05) is 12.5 Å². The largest absolute Gasteiger partial charge is 0.339 e. The molecule has 0 aliphatic carbocycles. The Morgan fingerprint density at radius 3 is 2.83 bits per heavy atom. The second-order valence-electron chi connectivity index (χ2n) is 3.91. The van der Waals surface area contributed by atoms with E-state index in [1.54, 1.807) is 0 Å². The number of anilines is 2. The van der Waals surface area contributed by atoms with E-state index in [0.29, 0.717) is 5.02 Å². The van der Waals surface area contributed by atoms with Crippen LogP contribution in [-0.2, 0) is 6.42 Å². The summed E-state index contributed by atoms with van der Waals surface area (Å²) < 4.78 is 0.764. The Hall–Kier alpha value is -1.13. The summed E-state index contributed by atoms with van der Waals surface area (Å²) in [6.07, 6.45) is 0.787. The lowest BCUT2D eigenvalue weighted by Gasteiger charge is -2.10. The highest BCUT2D eigenvalue weighted by Crippen LogP contribution is 2.28. The van der Waals surface area contributed by atoms with Crippen LogP contribution in [0.2, 0.25) is 5.02 Å². The Labute approximate surface area is 120 Å². The van der Waals surface area contributed by atoms with Gasteiger partial charge in [0.25, 0.3) is 0 Å². The van der Waals surface area contributed by atoms with Crippen molar-refractivity contribution in [3.63, 3.8) is 0 Å². The fraction of sp³-hybridized carbons (Fsp3) is 0.231. The van der Waals surface area contributed by atoms with Crippen molar-refractivity contribution in [2.45, 2.75) is 20.3 Å². The predicted molar refractivity (Wildman–Crippen MR) is 78.6 cm³/mol. The molecule has 0 aliphatic rings. The third-order valence-corrected chi connectivity index (χ3v) is 3.42. The number of aryl methyl sites for hydroxylation is 2. The summed E-state index contributed by atoms with van der Waals surface area (Å²) >= 11 is 9.61. The van der Waals surface area contributed by atoms with E-state index in [-0.39, 0.29) is 0 Å². The molecule has 0 fully saturated rings. The van der Waals surface area contributed by atoms with Crippen LogP contribution in [0.15, 0.2) is 28.9 Å². The first kappa shape index (κ1) is 13.3. The van der Waals surface area contributed by atoms with E-state index < -0.39 is 0 Å².